The summed E-state index contributed by atoms with van der Waals surface area (Å²) in [6.45, 7) is 1.82. The molecule has 2 aromatic rings. The van der Waals surface area contributed by atoms with Gasteiger partial charge in [0.25, 0.3) is 6.43 Å². The van der Waals surface area contributed by atoms with Crippen molar-refractivity contribution in [1.29, 1.82) is 0 Å². The predicted octanol–water partition coefficient (Wildman–Crippen LogP) is 4.63. The van der Waals surface area contributed by atoms with Gasteiger partial charge in [-0.25, -0.2) is 23.1 Å². The molecule has 4 nitrogen and oxygen atoms in total. The summed E-state index contributed by atoms with van der Waals surface area (Å²) in [6, 6.07) is 2.20. The number of nitrogens with zero attached hydrogens (tertiary/aromatic N) is 2. The molecule has 0 radical (unpaired) electrons. The molecule has 1 heterocycles. The van der Waals surface area contributed by atoms with Gasteiger partial charge in [-0.2, -0.15) is 0 Å². The topological polar surface area (TPSA) is 52.1 Å². The van der Waals surface area contributed by atoms with Crippen molar-refractivity contribution in [3.05, 3.63) is 45.6 Å². The third-order valence-corrected chi connectivity index (χ3v) is 3.78. The molecule has 2 rings (SSSR count). The molecule has 1 aromatic carbocycles. The van der Waals surface area contributed by atoms with Gasteiger partial charge in [0.2, 0.25) is 0 Å². The van der Waals surface area contributed by atoms with E-state index in [1.807, 2.05) is 0 Å². The van der Waals surface area contributed by atoms with Crippen molar-refractivity contribution in [2.24, 2.45) is 0 Å². The van der Waals surface area contributed by atoms with Gasteiger partial charge in [-0.1, -0.05) is 23.2 Å². The number of carbonyl (C=O) groups is 1. The Labute approximate surface area is 145 Å². The molecule has 128 valence electrons. The van der Waals surface area contributed by atoms with E-state index in [2.05, 4.69) is 9.97 Å². The number of esters is 1. The van der Waals surface area contributed by atoms with E-state index in [4.69, 9.17) is 27.9 Å². The molecule has 0 aliphatic carbocycles. The lowest BCUT2D eigenvalue weighted by molar-refractivity contribution is -0.142. The first-order valence-corrected chi connectivity index (χ1v) is 7.53. The molecule has 0 amide bonds. The summed E-state index contributed by atoms with van der Waals surface area (Å²) in [5, 5.41) is -0.459. The van der Waals surface area contributed by atoms with Crippen molar-refractivity contribution in [2.75, 3.05) is 6.61 Å². The zero-order valence-electron chi connectivity index (χ0n) is 12.3. The van der Waals surface area contributed by atoms with Crippen molar-refractivity contribution in [2.45, 2.75) is 19.8 Å². The predicted molar refractivity (Wildman–Crippen MR) is 82.7 cm³/mol. The first kappa shape index (κ1) is 18.5. The number of rotatable bonds is 5. The van der Waals surface area contributed by atoms with E-state index in [9.17, 15) is 18.0 Å². The SMILES string of the molecule is CCOC(=O)Cc1cc(-c2ncnc(C(F)F)c2Cl)c(F)cc1Cl. The fourth-order valence-corrected chi connectivity index (χ4v) is 2.50. The van der Waals surface area contributed by atoms with E-state index in [1.54, 1.807) is 6.92 Å². The van der Waals surface area contributed by atoms with E-state index in [1.165, 1.54) is 6.07 Å². The minimum absolute atomic E-state index is 0.00330. The van der Waals surface area contributed by atoms with Crippen LogP contribution >= 0.6 is 23.2 Å². The average Bonchev–Trinajstić information content (AvgIpc) is 2.50. The molecule has 0 atom stereocenters. The van der Waals surface area contributed by atoms with Crippen LogP contribution in [0.4, 0.5) is 13.2 Å². The molecular formula is C15H11Cl2F3N2O2. The number of benzene rings is 1. The monoisotopic (exact) mass is 378 g/mol. The van der Waals surface area contributed by atoms with Crippen LogP contribution in [0.25, 0.3) is 11.3 Å². The first-order chi connectivity index (χ1) is 11.3. The Morgan fingerprint density at radius 3 is 2.62 bits per heavy atom. The van der Waals surface area contributed by atoms with Gasteiger partial charge in [0.15, 0.2) is 0 Å². The normalized spacial score (nSPS) is 11.0. The Bertz CT molecular complexity index is 773. The van der Waals surface area contributed by atoms with Crippen molar-refractivity contribution >= 4 is 29.2 Å². The second-order valence-corrected chi connectivity index (χ2v) is 5.41. The molecule has 1 aromatic heterocycles. The van der Waals surface area contributed by atoms with Crippen LogP contribution in [-0.4, -0.2) is 22.5 Å². The minimum Gasteiger partial charge on any atom is -0.466 e. The summed E-state index contributed by atoms with van der Waals surface area (Å²) in [7, 11) is 0. The third-order valence-electron chi connectivity index (χ3n) is 3.05. The lowest BCUT2D eigenvalue weighted by atomic mass is 10.0. The van der Waals surface area contributed by atoms with E-state index in [0.29, 0.717) is 0 Å². The summed E-state index contributed by atoms with van der Waals surface area (Å²) >= 11 is 11.8. The van der Waals surface area contributed by atoms with Crippen LogP contribution in [0.2, 0.25) is 10.0 Å². The molecule has 9 heteroatoms. The Morgan fingerprint density at radius 2 is 2.00 bits per heavy atom. The Hall–Kier alpha value is -1.86. The van der Waals surface area contributed by atoms with Gasteiger partial charge in [-0.3, -0.25) is 4.79 Å². The molecule has 0 saturated heterocycles. The van der Waals surface area contributed by atoms with Gasteiger partial charge >= 0.3 is 5.97 Å². The molecule has 0 aliphatic rings. The number of halogens is 5. The van der Waals surface area contributed by atoms with Crippen LogP contribution in [0.3, 0.4) is 0 Å². The van der Waals surface area contributed by atoms with Gasteiger partial charge in [0.1, 0.15) is 17.8 Å². The number of carbonyl (C=O) groups excluding carboxylic acids is 1. The lowest BCUT2D eigenvalue weighted by Gasteiger charge is -2.11. The van der Waals surface area contributed by atoms with Crippen LogP contribution in [0.1, 0.15) is 24.6 Å². The number of aromatic nitrogens is 2. The van der Waals surface area contributed by atoms with Gasteiger partial charge in [-0.05, 0) is 24.6 Å². The number of alkyl halides is 2. The highest BCUT2D eigenvalue weighted by molar-refractivity contribution is 6.34. The summed E-state index contributed by atoms with van der Waals surface area (Å²) < 4.78 is 44.8. The van der Waals surface area contributed by atoms with Crippen LogP contribution in [-0.2, 0) is 16.0 Å². The molecule has 0 unspecified atom stereocenters. The van der Waals surface area contributed by atoms with Crippen LogP contribution in [0.5, 0.6) is 0 Å². The number of ether oxygens (including phenoxy) is 1. The molecule has 0 bridgehead atoms. The fourth-order valence-electron chi connectivity index (χ4n) is 2.00. The van der Waals surface area contributed by atoms with Crippen LogP contribution in [0.15, 0.2) is 18.5 Å². The van der Waals surface area contributed by atoms with Crippen molar-refractivity contribution in [3.63, 3.8) is 0 Å². The second kappa shape index (κ2) is 7.81. The fraction of sp³-hybridized carbons (Fsp3) is 0.267. The molecule has 0 saturated carbocycles. The van der Waals surface area contributed by atoms with E-state index < -0.39 is 28.9 Å². The van der Waals surface area contributed by atoms with Crippen molar-refractivity contribution in [3.8, 4) is 11.3 Å². The van der Waals surface area contributed by atoms with Gasteiger partial charge in [0, 0.05) is 10.6 Å². The molecule has 0 aliphatic heterocycles. The highest BCUT2D eigenvalue weighted by Gasteiger charge is 2.22. The Morgan fingerprint density at radius 1 is 1.29 bits per heavy atom. The lowest BCUT2D eigenvalue weighted by Crippen LogP contribution is -2.08. The molecule has 0 fully saturated rings. The maximum atomic E-state index is 14.2. The summed E-state index contributed by atoms with van der Waals surface area (Å²) in [5.74, 6) is -1.37. The second-order valence-electron chi connectivity index (χ2n) is 4.63. The smallest absolute Gasteiger partial charge is 0.310 e. The summed E-state index contributed by atoms with van der Waals surface area (Å²) in [5.41, 5.74) is -0.808. The average molecular weight is 379 g/mol. The Kier molecular flexibility index (Phi) is 6.01. The zero-order chi connectivity index (χ0) is 17.9. The van der Waals surface area contributed by atoms with Crippen molar-refractivity contribution in [1.82, 2.24) is 9.97 Å². The molecular weight excluding hydrogens is 368 g/mol. The maximum absolute atomic E-state index is 14.2. The largest absolute Gasteiger partial charge is 0.466 e. The summed E-state index contributed by atoms with van der Waals surface area (Å²) in [6.07, 6.45) is -2.28. The Balaban J connectivity index is 2.51. The van der Waals surface area contributed by atoms with E-state index in [0.717, 1.165) is 12.4 Å². The first-order valence-electron chi connectivity index (χ1n) is 6.77. The van der Waals surface area contributed by atoms with Gasteiger partial charge in [0.05, 0.1) is 23.7 Å². The molecule has 0 spiro atoms. The highest BCUT2D eigenvalue weighted by atomic mass is 35.5. The van der Waals surface area contributed by atoms with E-state index in [-0.39, 0.29) is 34.9 Å². The number of hydrogen-bond acceptors (Lipinski definition) is 4. The quantitative estimate of drug-likeness (QED) is 0.711. The molecule has 0 N–H and O–H groups in total. The minimum atomic E-state index is -2.94. The van der Waals surface area contributed by atoms with Gasteiger partial charge in [-0.15, -0.1) is 0 Å². The van der Waals surface area contributed by atoms with Crippen LogP contribution < -0.4 is 0 Å². The van der Waals surface area contributed by atoms with Crippen LogP contribution in [0, 0.1) is 5.82 Å². The highest BCUT2D eigenvalue weighted by Crippen LogP contribution is 2.35. The third kappa shape index (κ3) is 3.96. The standard InChI is InChI=1S/C15H11Cl2F3N2O2/c1-2-24-11(23)4-7-3-8(10(18)5-9(7)16)13-12(17)14(15(19)20)22-6-21-13/h3,5-6,15H,2,4H2,1H3. The molecule has 24 heavy (non-hydrogen) atoms. The van der Waals surface area contributed by atoms with E-state index >= 15 is 0 Å². The van der Waals surface area contributed by atoms with Crippen molar-refractivity contribution < 1.29 is 22.7 Å². The summed E-state index contributed by atoms with van der Waals surface area (Å²) in [4.78, 5) is 18.7. The zero-order valence-corrected chi connectivity index (χ0v) is 13.8. The van der Waals surface area contributed by atoms with Gasteiger partial charge < -0.3 is 4.74 Å². The maximum Gasteiger partial charge on any atom is 0.310 e. The number of hydrogen-bond donors (Lipinski definition) is 0.